The Morgan fingerprint density at radius 1 is 1.13 bits per heavy atom. The highest BCUT2D eigenvalue weighted by Crippen LogP contribution is 2.30. The predicted octanol–water partition coefficient (Wildman–Crippen LogP) is 3.49. The first kappa shape index (κ1) is 22.2. The standard InChI is InChI=1S/C24H26N2O5/c1-5-16(3)25(23(29)20-9-7-6-8-15(20)2)21-14-22(28)26(24(21)30)18-10-12-19(13-11-18)31-17(4)27/h6-13,16,21H,5,14H2,1-4H3. The van der Waals surface area contributed by atoms with Gasteiger partial charge in [-0.3, -0.25) is 19.2 Å². The van der Waals surface area contributed by atoms with Crippen molar-refractivity contribution >= 4 is 29.4 Å². The van der Waals surface area contributed by atoms with Gasteiger partial charge in [-0.2, -0.15) is 0 Å². The number of amides is 3. The average molecular weight is 422 g/mol. The van der Waals surface area contributed by atoms with Crippen molar-refractivity contribution in [2.24, 2.45) is 0 Å². The molecule has 31 heavy (non-hydrogen) atoms. The number of anilines is 1. The zero-order valence-electron chi connectivity index (χ0n) is 18.1. The molecule has 2 unspecified atom stereocenters. The predicted molar refractivity (Wildman–Crippen MR) is 116 cm³/mol. The zero-order valence-corrected chi connectivity index (χ0v) is 18.1. The average Bonchev–Trinajstić information content (AvgIpc) is 3.02. The minimum absolute atomic E-state index is 0.0769. The van der Waals surface area contributed by atoms with Crippen LogP contribution in [0.5, 0.6) is 5.75 Å². The Labute approximate surface area is 181 Å². The third-order valence-corrected chi connectivity index (χ3v) is 5.49. The van der Waals surface area contributed by atoms with E-state index in [4.69, 9.17) is 4.74 Å². The molecular formula is C24H26N2O5. The van der Waals surface area contributed by atoms with Crippen molar-refractivity contribution in [3.05, 3.63) is 59.7 Å². The van der Waals surface area contributed by atoms with Crippen molar-refractivity contribution in [2.75, 3.05) is 4.90 Å². The number of aryl methyl sites for hydroxylation is 1. The third kappa shape index (κ3) is 4.50. The van der Waals surface area contributed by atoms with Gasteiger partial charge in [0.25, 0.3) is 11.8 Å². The summed E-state index contributed by atoms with van der Waals surface area (Å²) in [5.41, 5.74) is 1.71. The van der Waals surface area contributed by atoms with E-state index in [1.165, 1.54) is 24.0 Å². The van der Waals surface area contributed by atoms with E-state index in [0.717, 1.165) is 10.5 Å². The van der Waals surface area contributed by atoms with Gasteiger partial charge in [0, 0.05) is 18.5 Å². The number of carbonyl (C=O) groups excluding carboxylic acids is 4. The number of hydrogen-bond acceptors (Lipinski definition) is 5. The molecule has 0 bridgehead atoms. The van der Waals surface area contributed by atoms with Crippen LogP contribution >= 0.6 is 0 Å². The van der Waals surface area contributed by atoms with Crippen molar-refractivity contribution in [1.29, 1.82) is 0 Å². The summed E-state index contributed by atoms with van der Waals surface area (Å²) >= 11 is 0. The number of ether oxygens (including phenoxy) is 1. The number of rotatable bonds is 6. The fourth-order valence-corrected chi connectivity index (χ4v) is 3.73. The van der Waals surface area contributed by atoms with Crippen molar-refractivity contribution in [2.45, 2.75) is 52.6 Å². The van der Waals surface area contributed by atoms with Gasteiger partial charge < -0.3 is 9.64 Å². The van der Waals surface area contributed by atoms with Crippen LogP contribution in [0.25, 0.3) is 0 Å². The number of imide groups is 1. The Balaban J connectivity index is 1.91. The minimum Gasteiger partial charge on any atom is -0.427 e. The van der Waals surface area contributed by atoms with Gasteiger partial charge >= 0.3 is 5.97 Å². The van der Waals surface area contributed by atoms with Crippen LogP contribution in [0, 0.1) is 6.92 Å². The fourth-order valence-electron chi connectivity index (χ4n) is 3.73. The highest BCUT2D eigenvalue weighted by Gasteiger charge is 2.45. The van der Waals surface area contributed by atoms with Crippen LogP contribution < -0.4 is 9.64 Å². The van der Waals surface area contributed by atoms with Crippen LogP contribution in [0.4, 0.5) is 5.69 Å². The molecule has 2 aromatic carbocycles. The van der Waals surface area contributed by atoms with Gasteiger partial charge in [0.1, 0.15) is 11.8 Å². The summed E-state index contributed by atoms with van der Waals surface area (Å²) in [4.78, 5) is 53.2. The van der Waals surface area contributed by atoms with E-state index in [9.17, 15) is 19.2 Å². The van der Waals surface area contributed by atoms with Crippen LogP contribution in [0.1, 0.15) is 49.5 Å². The van der Waals surface area contributed by atoms with Gasteiger partial charge in [-0.1, -0.05) is 25.1 Å². The summed E-state index contributed by atoms with van der Waals surface area (Å²) < 4.78 is 5.00. The molecule has 0 radical (unpaired) electrons. The molecule has 0 spiro atoms. The summed E-state index contributed by atoms with van der Waals surface area (Å²) in [7, 11) is 0. The Morgan fingerprint density at radius 3 is 2.35 bits per heavy atom. The molecule has 1 aliphatic rings. The molecule has 3 rings (SSSR count). The second-order valence-corrected chi connectivity index (χ2v) is 7.66. The molecule has 0 N–H and O–H groups in total. The molecule has 7 nitrogen and oxygen atoms in total. The molecular weight excluding hydrogens is 396 g/mol. The lowest BCUT2D eigenvalue weighted by atomic mass is 10.0. The first-order chi connectivity index (χ1) is 14.7. The fraction of sp³-hybridized carbons (Fsp3) is 0.333. The monoisotopic (exact) mass is 422 g/mol. The molecule has 0 aromatic heterocycles. The Kier molecular flexibility index (Phi) is 6.53. The lowest BCUT2D eigenvalue weighted by Gasteiger charge is -2.33. The Hall–Kier alpha value is -3.48. The number of hydrogen-bond donors (Lipinski definition) is 0. The number of nitrogens with zero attached hydrogens (tertiary/aromatic N) is 2. The third-order valence-electron chi connectivity index (χ3n) is 5.49. The number of benzene rings is 2. The van der Waals surface area contributed by atoms with Crippen LogP contribution in [0.15, 0.2) is 48.5 Å². The highest BCUT2D eigenvalue weighted by atomic mass is 16.5. The molecule has 0 aliphatic carbocycles. The van der Waals surface area contributed by atoms with E-state index >= 15 is 0 Å². The Bertz CT molecular complexity index is 1010. The SMILES string of the molecule is CCC(C)N(C(=O)c1ccccc1C)C1CC(=O)N(c2ccc(OC(C)=O)cc2)C1=O. The van der Waals surface area contributed by atoms with Crippen LogP contribution in [-0.4, -0.2) is 40.7 Å². The minimum atomic E-state index is -0.872. The zero-order chi connectivity index (χ0) is 22.7. The van der Waals surface area contributed by atoms with Crippen LogP contribution in [0.2, 0.25) is 0 Å². The molecule has 2 aromatic rings. The van der Waals surface area contributed by atoms with Gasteiger partial charge in [-0.15, -0.1) is 0 Å². The molecule has 0 saturated carbocycles. The second kappa shape index (κ2) is 9.12. The van der Waals surface area contributed by atoms with E-state index in [-0.39, 0.29) is 24.3 Å². The summed E-state index contributed by atoms with van der Waals surface area (Å²) in [6.07, 6.45) is 0.569. The lowest BCUT2D eigenvalue weighted by molar-refractivity contribution is -0.132. The van der Waals surface area contributed by atoms with Crippen molar-refractivity contribution in [1.82, 2.24) is 4.90 Å². The molecule has 2 atom stereocenters. The molecule has 1 saturated heterocycles. The molecule has 1 fully saturated rings. The second-order valence-electron chi connectivity index (χ2n) is 7.66. The summed E-state index contributed by atoms with van der Waals surface area (Å²) in [6, 6.07) is 12.3. The normalized spacial score (nSPS) is 16.9. The lowest BCUT2D eigenvalue weighted by Crippen LogP contribution is -2.49. The van der Waals surface area contributed by atoms with Gasteiger partial charge in [0.2, 0.25) is 5.91 Å². The smallest absolute Gasteiger partial charge is 0.308 e. The van der Waals surface area contributed by atoms with E-state index in [2.05, 4.69) is 0 Å². The molecule has 7 heteroatoms. The maximum Gasteiger partial charge on any atom is 0.308 e. The quantitative estimate of drug-likeness (QED) is 0.404. The van der Waals surface area contributed by atoms with E-state index in [1.807, 2.05) is 32.9 Å². The Morgan fingerprint density at radius 2 is 1.77 bits per heavy atom. The maximum absolute atomic E-state index is 13.4. The van der Waals surface area contributed by atoms with Crippen molar-refractivity contribution < 1.29 is 23.9 Å². The van der Waals surface area contributed by atoms with Crippen LogP contribution in [0.3, 0.4) is 0 Å². The summed E-state index contributed by atoms with van der Waals surface area (Å²) in [6.45, 7) is 6.96. The van der Waals surface area contributed by atoms with Gasteiger partial charge in [0.15, 0.2) is 0 Å². The van der Waals surface area contributed by atoms with E-state index in [0.29, 0.717) is 23.4 Å². The number of esters is 1. The van der Waals surface area contributed by atoms with E-state index in [1.54, 1.807) is 24.3 Å². The maximum atomic E-state index is 13.4. The first-order valence-electron chi connectivity index (χ1n) is 10.3. The first-order valence-corrected chi connectivity index (χ1v) is 10.3. The summed E-state index contributed by atoms with van der Waals surface area (Å²) in [5, 5.41) is 0. The van der Waals surface area contributed by atoms with E-state index < -0.39 is 17.9 Å². The van der Waals surface area contributed by atoms with Gasteiger partial charge in [-0.25, -0.2) is 4.90 Å². The van der Waals surface area contributed by atoms with Crippen molar-refractivity contribution in [3.8, 4) is 5.75 Å². The highest BCUT2D eigenvalue weighted by molar-refractivity contribution is 6.23. The van der Waals surface area contributed by atoms with Crippen molar-refractivity contribution in [3.63, 3.8) is 0 Å². The molecule has 1 heterocycles. The molecule has 1 aliphatic heterocycles. The van der Waals surface area contributed by atoms with Gasteiger partial charge in [-0.05, 0) is 56.2 Å². The largest absolute Gasteiger partial charge is 0.427 e. The van der Waals surface area contributed by atoms with Crippen LogP contribution in [-0.2, 0) is 14.4 Å². The summed E-state index contributed by atoms with van der Waals surface area (Å²) in [5.74, 6) is -1.21. The number of carbonyl (C=O) groups is 4. The topological polar surface area (TPSA) is 84.0 Å². The molecule has 162 valence electrons. The van der Waals surface area contributed by atoms with Gasteiger partial charge in [0.05, 0.1) is 12.1 Å². The molecule has 3 amide bonds.